The standard InChI is InChI=1S/C18H20N4O4S/c1-9(2)17-20-21-18(27-17)19-16(24)11-7-14(23)22(3)15(11)10-4-5-12-13(6-10)26-8-25-12/h4-6,9,11,15H,7-8H2,1-3H3,(H,19,21,24)/t11-,15+/m0/s1. The van der Waals surface area contributed by atoms with Gasteiger partial charge in [-0.05, 0) is 17.7 Å². The zero-order valence-corrected chi connectivity index (χ0v) is 16.1. The molecule has 1 saturated heterocycles. The minimum Gasteiger partial charge on any atom is -0.454 e. The summed E-state index contributed by atoms with van der Waals surface area (Å²) in [4.78, 5) is 26.8. The number of hydrogen-bond acceptors (Lipinski definition) is 7. The zero-order valence-electron chi connectivity index (χ0n) is 15.3. The number of carbonyl (C=O) groups excluding carboxylic acids is 2. The highest BCUT2D eigenvalue weighted by molar-refractivity contribution is 7.15. The second-order valence-corrected chi connectivity index (χ2v) is 7.97. The summed E-state index contributed by atoms with van der Waals surface area (Å²) in [5.41, 5.74) is 0.841. The lowest BCUT2D eigenvalue weighted by Gasteiger charge is -2.24. The SMILES string of the molecule is CC(C)c1nnc(NC(=O)[C@H]2CC(=O)N(C)[C@@H]2c2ccc3c(c2)OCO3)s1. The second kappa shape index (κ2) is 6.80. The Bertz CT molecular complexity index is 897. The van der Waals surface area contributed by atoms with Gasteiger partial charge in [0.15, 0.2) is 11.5 Å². The van der Waals surface area contributed by atoms with Gasteiger partial charge in [-0.3, -0.25) is 9.59 Å². The van der Waals surface area contributed by atoms with Crippen LogP contribution in [0.1, 0.15) is 42.8 Å². The Kier molecular flexibility index (Phi) is 4.47. The van der Waals surface area contributed by atoms with Gasteiger partial charge in [0.1, 0.15) is 5.01 Å². The lowest BCUT2D eigenvalue weighted by atomic mass is 9.92. The van der Waals surface area contributed by atoms with Gasteiger partial charge in [0.25, 0.3) is 0 Å². The van der Waals surface area contributed by atoms with Gasteiger partial charge in [0.05, 0.1) is 12.0 Å². The first kappa shape index (κ1) is 17.7. The van der Waals surface area contributed by atoms with Crippen LogP contribution >= 0.6 is 11.3 Å². The number of rotatable bonds is 4. The van der Waals surface area contributed by atoms with Crippen LogP contribution in [0, 0.1) is 5.92 Å². The summed E-state index contributed by atoms with van der Waals surface area (Å²) >= 11 is 1.35. The van der Waals surface area contributed by atoms with E-state index in [0.717, 1.165) is 10.6 Å². The number of ether oxygens (including phenoxy) is 2. The van der Waals surface area contributed by atoms with Crippen molar-refractivity contribution in [3.05, 3.63) is 28.8 Å². The molecule has 2 aliphatic rings. The first-order valence-corrected chi connectivity index (χ1v) is 9.55. The monoisotopic (exact) mass is 388 g/mol. The maximum atomic E-state index is 12.9. The van der Waals surface area contributed by atoms with Gasteiger partial charge in [-0.15, -0.1) is 10.2 Å². The highest BCUT2D eigenvalue weighted by Gasteiger charge is 2.43. The molecule has 1 N–H and O–H groups in total. The van der Waals surface area contributed by atoms with Crippen molar-refractivity contribution < 1.29 is 19.1 Å². The van der Waals surface area contributed by atoms with Gasteiger partial charge >= 0.3 is 0 Å². The van der Waals surface area contributed by atoms with E-state index in [1.165, 1.54) is 11.3 Å². The number of aromatic nitrogens is 2. The van der Waals surface area contributed by atoms with Crippen LogP contribution in [0.3, 0.4) is 0 Å². The topological polar surface area (TPSA) is 93.7 Å². The molecule has 2 aliphatic heterocycles. The van der Waals surface area contributed by atoms with Crippen molar-refractivity contribution in [2.24, 2.45) is 5.92 Å². The Morgan fingerprint density at radius 2 is 2.07 bits per heavy atom. The number of carbonyl (C=O) groups is 2. The minimum atomic E-state index is -0.519. The van der Waals surface area contributed by atoms with E-state index in [1.807, 2.05) is 32.0 Å². The third-order valence-corrected chi connectivity index (χ3v) is 5.97. The lowest BCUT2D eigenvalue weighted by molar-refractivity contribution is -0.127. The van der Waals surface area contributed by atoms with E-state index >= 15 is 0 Å². The van der Waals surface area contributed by atoms with E-state index in [1.54, 1.807) is 11.9 Å². The number of fused-ring (bicyclic) bond motifs is 1. The number of nitrogens with zero attached hydrogens (tertiary/aromatic N) is 3. The number of likely N-dealkylation sites (tertiary alicyclic amines) is 1. The molecular formula is C18H20N4O4S. The van der Waals surface area contributed by atoms with Crippen LogP contribution in [0.15, 0.2) is 18.2 Å². The molecule has 0 aliphatic carbocycles. The predicted octanol–water partition coefficient (Wildman–Crippen LogP) is 2.55. The summed E-state index contributed by atoms with van der Waals surface area (Å²) in [6.45, 7) is 4.22. The molecule has 0 bridgehead atoms. The summed E-state index contributed by atoms with van der Waals surface area (Å²) in [5, 5.41) is 12.3. The Hall–Kier alpha value is -2.68. The first-order chi connectivity index (χ1) is 12.9. The maximum absolute atomic E-state index is 12.9. The molecule has 0 saturated carbocycles. The average molecular weight is 388 g/mol. The van der Waals surface area contributed by atoms with E-state index in [4.69, 9.17) is 9.47 Å². The molecule has 3 heterocycles. The molecule has 9 heteroatoms. The number of anilines is 1. The fourth-order valence-corrected chi connectivity index (χ4v) is 4.12. The summed E-state index contributed by atoms with van der Waals surface area (Å²) < 4.78 is 10.8. The third-order valence-electron chi connectivity index (χ3n) is 4.83. The van der Waals surface area contributed by atoms with Crippen molar-refractivity contribution >= 4 is 28.3 Å². The number of benzene rings is 1. The third kappa shape index (κ3) is 3.23. The van der Waals surface area contributed by atoms with Crippen LogP contribution in [0.5, 0.6) is 11.5 Å². The first-order valence-electron chi connectivity index (χ1n) is 8.73. The molecule has 4 rings (SSSR count). The van der Waals surface area contributed by atoms with Crippen LogP contribution < -0.4 is 14.8 Å². The van der Waals surface area contributed by atoms with Crippen LogP contribution in [-0.4, -0.2) is 40.8 Å². The van der Waals surface area contributed by atoms with Crippen molar-refractivity contribution in [2.45, 2.75) is 32.2 Å². The Morgan fingerprint density at radius 1 is 1.30 bits per heavy atom. The molecule has 8 nitrogen and oxygen atoms in total. The Labute approximate surface area is 160 Å². The molecule has 0 unspecified atom stereocenters. The summed E-state index contributed by atoms with van der Waals surface area (Å²) in [5.74, 6) is 0.717. The normalized spacial score (nSPS) is 21.2. The highest BCUT2D eigenvalue weighted by Crippen LogP contribution is 2.42. The van der Waals surface area contributed by atoms with Gasteiger partial charge in [-0.1, -0.05) is 31.3 Å². The van der Waals surface area contributed by atoms with Crippen LogP contribution in [-0.2, 0) is 9.59 Å². The molecule has 1 aromatic carbocycles. The van der Waals surface area contributed by atoms with Crippen LogP contribution in [0.25, 0.3) is 0 Å². The van der Waals surface area contributed by atoms with Crippen molar-refractivity contribution in [1.29, 1.82) is 0 Å². The summed E-state index contributed by atoms with van der Waals surface area (Å²) in [6, 6.07) is 5.15. The predicted molar refractivity (Wildman–Crippen MR) is 98.8 cm³/mol. The van der Waals surface area contributed by atoms with E-state index in [2.05, 4.69) is 15.5 Å². The molecule has 2 aromatic rings. The number of nitrogens with one attached hydrogen (secondary N) is 1. The lowest BCUT2D eigenvalue weighted by Crippen LogP contribution is -2.30. The minimum absolute atomic E-state index is 0.0713. The molecule has 0 radical (unpaired) electrons. The van der Waals surface area contributed by atoms with Crippen LogP contribution in [0.4, 0.5) is 5.13 Å². The highest BCUT2D eigenvalue weighted by atomic mass is 32.1. The van der Waals surface area contributed by atoms with Gasteiger partial charge in [0, 0.05) is 19.4 Å². The quantitative estimate of drug-likeness (QED) is 0.865. The van der Waals surface area contributed by atoms with Crippen molar-refractivity contribution in [1.82, 2.24) is 15.1 Å². The number of amides is 2. The van der Waals surface area contributed by atoms with Crippen molar-refractivity contribution in [3.63, 3.8) is 0 Å². The van der Waals surface area contributed by atoms with Crippen molar-refractivity contribution in [2.75, 3.05) is 19.2 Å². The average Bonchev–Trinajstić information content (AvgIpc) is 3.34. The summed E-state index contributed by atoms with van der Waals surface area (Å²) in [6.07, 6.45) is 0.150. The van der Waals surface area contributed by atoms with Crippen LogP contribution in [0.2, 0.25) is 0 Å². The molecule has 0 spiro atoms. The Morgan fingerprint density at radius 3 is 2.81 bits per heavy atom. The number of hydrogen-bond donors (Lipinski definition) is 1. The molecule has 2 atom stereocenters. The smallest absolute Gasteiger partial charge is 0.232 e. The zero-order chi connectivity index (χ0) is 19.1. The molecule has 142 valence electrons. The largest absolute Gasteiger partial charge is 0.454 e. The maximum Gasteiger partial charge on any atom is 0.232 e. The molecule has 1 aromatic heterocycles. The molecule has 1 fully saturated rings. The van der Waals surface area contributed by atoms with E-state index in [-0.39, 0.29) is 37.0 Å². The van der Waals surface area contributed by atoms with Gasteiger partial charge in [0.2, 0.25) is 23.7 Å². The fourth-order valence-electron chi connectivity index (χ4n) is 3.37. The van der Waals surface area contributed by atoms with Gasteiger partial charge in [-0.25, -0.2) is 0 Å². The van der Waals surface area contributed by atoms with Gasteiger partial charge in [-0.2, -0.15) is 0 Å². The van der Waals surface area contributed by atoms with E-state index in [0.29, 0.717) is 16.6 Å². The fraction of sp³-hybridized carbons (Fsp3) is 0.444. The Balaban J connectivity index is 1.58. The second-order valence-electron chi connectivity index (χ2n) is 6.96. The van der Waals surface area contributed by atoms with Gasteiger partial charge < -0.3 is 19.7 Å². The van der Waals surface area contributed by atoms with Crippen molar-refractivity contribution in [3.8, 4) is 11.5 Å². The molecule has 2 amide bonds. The molecule has 27 heavy (non-hydrogen) atoms. The molecular weight excluding hydrogens is 368 g/mol. The van der Waals surface area contributed by atoms with E-state index in [9.17, 15) is 9.59 Å². The summed E-state index contributed by atoms with van der Waals surface area (Å²) in [7, 11) is 1.71. The van der Waals surface area contributed by atoms with E-state index < -0.39 is 5.92 Å².